The number of aliphatic hydroxyl groups is 1. The molecule has 1 aliphatic rings. The number of nitro benzene ring substituents is 1. The van der Waals surface area contributed by atoms with Gasteiger partial charge in [0.05, 0.1) is 23.6 Å². The van der Waals surface area contributed by atoms with E-state index in [1.807, 2.05) is 25.9 Å². The molecule has 174 valence electrons. The minimum atomic E-state index is -0.852. The summed E-state index contributed by atoms with van der Waals surface area (Å²) in [6, 6.07) is 9.81. The number of ketones is 1. The number of rotatable bonds is 8. The van der Waals surface area contributed by atoms with Gasteiger partial charge in [0.2, 0.25) is 0 Å². The van der Waals surface area contributed by atoms with E-state index in [-0.39, 0.29) is 17.0 Å². The Labute approximate surface area is 192 Å². The molecule has 1 aliphatic heterocycles. The number of hydrogen-bond acceptors (Lipinski definition) is 7. The molecular formula is C24H27N3O6. The molecule has 1 unspecified atom stereocenters. The smallest absolute Gasteiger partial charge is 0.295 e. The average Bonchev–Trinajstić information content (AvgIpc) is 3.03. The molecule has 0 aromatic heterocycles. The van der Waals surface area contributed by atoms with Gasteiger partial charge in [-0.15, -0.1) is 0 Å². The van der Waals surface area contributed by atoms with E-state index >= 15 is 0 Å². The van der Waals surface area contributed by atoms with E-state index in [9.17, 15) is 24.8 Å². The lowest BCUT2D eigenvalue weighted by atomic mass is 9.94. The Hall–Kier alpha value is -3.72. The van der Waals surface area contributed by atoms with Crippen LogP contribution < -0.4 is 4.74 Å². The van der Waals surface area contributed by atoms with E-state index in [1.54, 1.807) is 18.2 Å². The van der Waals surface area contributed by atoms with Gasteiger partial charge in [-0.3, -0.25) is 19.7 Å². The van der Waals surface area contributed by atoms with Crippen LogP contribution in [0.15, 0.2) is 48.0 Å². The molecule has 1 amide bonds. The number of ether oxygens (including phenoxy) is 1. The molecule has 1 saturated heterocycles. The number of benzene rings is 2. The highest BCUT2D eigenvalue weighted by Gasteiger charge is 2.45. The molecule has 0 radical (unpaired) electrons. The second-order valence-electron chi connectivity index (χ2n) is 8.18. The normalized spacial score (nSPS) is 17.6. The first-order valence-corrected chi connectivity index (χ1v) is 10.5. The van der Waals surface area contributed by atoms with Crippen molar-refractivity contribution in [3.05, 3.63) is 74.8 Å². The molecule has 1 fully saturated rings. The number of carbonyl (C=O) groups excluding carboxylic acids is 2. The predicted molar refractivity (Wildman–Crippen MR) is 123 cm³/mol. The zero-order valence-corrected chi connectivity index (χ0v) is 19.1. The SMILES string of the molecule is COc1ccc(/C(O)=C2\C(=O)C(=O)N(CCCN(C)C)C2c2ccc([N+](=O)[O-])cc2)cc1C. The fourth-order valence-electron chi connectivity index (χ4n) is 3.97. The molecule has 0 saturated carbocycles. The molecule has 9 heteroatoms. The molecule has 1 atom stereocenters. The Bertz CT molecular complexity index is 1110. The van der Waals surface area contributed by atoms with Gasteiger partial charge in [0.25, 0.3) is 17.4 Å². The summed E-state index contributed by atoms with van der Waals surface area (Å²) in [5.74, 6) is -1.15. The number of methoxy groups -OCH3 is 1. The maximum atomic E-state index is 13.0. The summed E-state index contributed by atoms with van der Waals surface area (Å²) in [5, 5.41) is 22.2. The topological polar surface area (TPSA) is 113 Å². The summed E-state index contributed by atoms with van der Waals surface area (Å²) in [4.78, 5) is 39.9. The Morgan fingerprint density at radius 1 is 1.18 bits per heavy atom. The summed E-state index contributed by atoms with van der Waals surface area (Å²) in [6.45, 7) is 2.81. The first-order valence-electron chi connectivity index (χ1n) is 10.5. The summed E-state index contributed by atoms with van der Waals surface area (Å²) >= 11 is 0. The number of Topliss-reactive ketones (excluding diaryl/α,β-unsaturated/α-hetero) is 1. The summed E-state index contributed by atoms with van der Waals surface area (Å²) in [5.41, 5.74) is 1.51. The fraction of sp³-hybridized carbons (Fsp3) is 0.333. The number of hydrogen-bond donors (Lipinski definition) is 1. The number of aryl methyl sites for hydroxylation is 1. The minimum absolute atomic E-state index is 0.0386. The van der Waals surface area contributed by atoms with Crippen LogP contribution in [0.3, 0.4) is 0 Å². The van der Waals surface area contributed by atoms with Crippen LogP contribution in [-0.4, -0.2) is 65.8 Å². The van der Waals surface area contributed by atoms with Crippen molar-refractivity contribution < 1.29 is 24.4 Å². The highest BCUT2D eigenvalue weighted by Crippen LogP contribution is 2.40. The molecule has 1 heterocycles. The van der Waals surface area contributed by atoms with Crippen molar-refractivity contribution in [1.82, 2.24) is 9.80 Å². The van der Waals surface area contributed by atoms with Gasteiger partial charge in [-0.2, -0.15) is 0 Å². The van der Waals surface area contributed by atoms with Crippen LogP contribution in [0.4, 0.5) is 5.69 Å². The Kier molecular flexibility index (Phi) is 7.13. The van der Waals surface area contributed by atoms with Crippen LogP contribution in [-0.2, 0) is 9.59 Å². The maximum Gasteiger partial charge on any atom is 0.295 e. The lowest BCUT2D eigenvalue weighted by Gasteiger charge is -2.26. The lowest BCUT2D eigenvalue weighted by Crippen LogP contribution is -2.32. The molecule has 1 N–H and O–H groups in total. The average molecular weight is 453 g/mol. The van der Waals surface area contributed by atoms with Crippen molar-refractivity contribution in [2.45, 2.75) is 19.4 Å². The number of aliphatic hydroxyl groups excluding tert-OH is 1. The minimum Gasteiger partial charge on any atom is -0.507 e. The van der Waals surface area contributed by atoms with Gasteiger partial charge in [-0.1, -0.05) is 0 Å². The fourth-order valence-corrected chi connectivity index (χ4v) is 3.97. The van der Waals surface area contributed by atoms with Gasteiger partial charge in [-0.25, -0.2) is 0 Å². The third-order valence-electron chi connectivity index (χ3n) is 5.63. The summed E-state index contributed by atoms with van der Waals surface area (Å²) in [7, 11) is 5.36. The van der Waals surface area contributed by atoms with Crippen LogP contribution >= 0.6 is 0 Å². The molecule has 0 spiro atoms. The molecule has 3 rings (SSSR count). The number of amides is 1. The van der Waals surface area contributed by atoms with Gasteiger partial charge in [0, 0.05) is 24.2 Å². The summed E-state index contributed by atoms with van der Waals surface area (Å²) < 4.78 is 5.26. The second-order valence-corrected chi connectivity index (χ2v) is 8.18. The molecule has 9 nitrogen and oxygen atoms in total. The van der Waals surface area contributed by atoms with E-state index in [0.717, 1.165) is 5.56 Å². The third-order valence-corrected chi connectivity index (χ3v) is 5.63. The van der Waals surface area contributed by atoms with E-state index in [1.165, 1.54) is 36.3 Å². The van der Waals surface area contributed by atoms with Crippen molar-refractivity contribution in [2.24, 2.45) is 0 Å². The van der Waals surface area contributed by atoms with Crippen LogP contribution in [0.1, 0.15) is 29.2 Å². The zero-order valence-electron chi connectivity index (χ0n) is 19.1. The molecule has 2 aromatic carbocycles. The Morgan fingerprint density at radius 2 is 1.85 bits per heavy atom. The number of likely N-dealkylation sites (tertiary alicyclic amines) is 1. The van der Waals surface area contributed by atoms with Gasteiger partial charge in [0.15, 0.2) is 0 Å². The third kappa shape index (κ3) is 4.88. The van der Waals surface area contributed by atoms with E-state index in [4.69, 9.17) is 4.74 Å². The number of carbonyl (C=O) groups is 2. The first kappa shape index (κ1) is 23.9. The molecule has 0 aliphatic carbocycles. The lowest BCUT2D eigenvalue weighted by molar-refractivity contribution is -0.384. The monoisotopic (exact) mass is 453 g/mol. The standard InChI is InChI=1S/C24H27N3O6/c1-15-14-17(8-11-19(15)33-4)22(28)20-21(16-6-9-18(10-7-16)27(31)32)26(24(30)23(20)29)13-5-12-25(2)3/h6-11,14,21,28H,5,12-13H2,1-4H3/b22-20+. The molecule has 0 bridgehead atoms. The number of nitrogens with zero attached hydrogens (tertiary/aromatic N) is 3. The Balaban J connectivity index is 2.11. The first-order chi connectivity index (χ1) is 15.6. The van der Waals surface area contributed by atoms with Crippen LogP contribution in [0.25, 0.3) is 5.76 Å². The van der Waals surface area contributed by atoms with Gasteiger partial charge < -0.3 is 19.6 Å². The van der Waals surface area contributed by atoms with Crippen molar-refractivity contribution in [3.8, 4) is 5.75 Å². The predicted octanol–water partition coefficient (Wildman–Crippen LogP) is 3.29. The Morgan fingerprint density at radius 3 is 2.39 bits per heavy atom. The van der Waals surface area contributed by atoms with E-state index < -0.39 is 22.7 Å². The van der Waals surface area contributed by atoms with Gasteiger partial charge >= 0.3 is 0 Å². The van der Waals surface area contributed by atoms with Crippen LogP contribution in [0, 0.1) is 17.0 Å². The maximum absolute atomic E-state index is 13.0. The van der Waals surface area contributed by atoms with Crippen molar-refractivity contribution >= 4 is 23.1 Å². The highest BCUT2D eigenvalue weighted by atomic mass is 16.6. The van der Waals surface area contributed by atoms with Crippen molar-refractivity contribution in [2.75, 3.05) is 34.3 Å². The van der Waals surface area contributed by atoms with Crippen LogP contribution in [0.2, 0.25) is 0 Å². The van der Waals surface area contributed by atoms with Gasteiger partial charge in [-0.05, 0) is 75.4 Å². The number of non-ortho nitro benzene ring substituents is 1. The van der Waals surface area contributed by atoms with Gasteiger partial charge in [0.1, 0.15) is 11.5 Å². The largest absolute Gasteiger partial charge is 0.507 e. The van der Waals surface area contributed by atoms with Crippen molar-refractivity contribution in [3.63, 3.8) is 0 Å². The highest BCUT2D eigenvalue weighted by molar-refractivity contribution is 6.46. The molecule has 2 aromatic rings. The molecule has 33 heavy (non-hydrogen) atoms. The quantitative estimate of drug-likeness (QED) is 0.215. The zero-order chi connectivity index (χ0) is 24.3. The van der Waals surface area contributed by atoms with E-state index in [0.29, 0.717) is 36.4 Å². The summed E-state index contributed by atoms with van der Waals surface area (Å²) in [6.07, 6.45) is 0.616. The number of nitro groups is 1. The van der Waals surface area contributed by atoms with E-state index in [2.05, 4.69) is 0 Å². The molecular weight excluding hydrogens is 426 g/mol. The van der Waals surface area contributed by atoms with Crippen LogP contribution in [0.5, 0.6) is 5.75 Å². The second kappa shape index (κ2) is 9.83. The van der Waals surface area contributed by atoms with Crippen molar-refractivity contribution in [1.29, 1.82) is 0 Å².